The zero-order chi connectivity index (χ0) is 19.3. The Morgan fingerprint density at radius 1 is 1.26 bits per heavy atom. The summed E-state index contributed by atoms with van der Waals surface area (Å²) in [5.41, 5.74) is 0.888. The molecule has 1 heterocycles. The lowest BCUT2D eigenvalue weighted by Gasteiger charge is -2.21. The van der Waals surface area contributed by atoms with Gasteiger partial charge in [-0.25, -0.2) is 0 Å². The van der Waals surface area contributed by atoms with Crippen LogP contribution in [-0.2, 0) is 9.47 Å². The second-order valence-electron chi connectivity index (χ2n) is 6.41. The highest BCUT2D eigenvalue weighted by Gasteiger charge is 2.13. The molecule has 1 aliphatic heterocycles. The van der Waals surface area contributed by atoms with Crippen molar-refractivity contribution in [2.45, 2.75) is 26.2 Å². The predicted molar refractivity (Wildman–Crippen MR) is 108 cm³/mol. The Hall–Kier alpha value is -1.99. The van der Waals surface area contributed by atoms with Crippen molar-refractivity contribution in [2.75, 3.05) is 59.1 Å². The fraction of sp³-hybridized carbons (Fsp3) is 0.650. The molecule has 1 fully saturated rings. The average molecular weight is 380 g/mol. The number of methoxy groups -OCH3 is 1. The number of rotatable bonds is 10. The van der Waals surface area contributed by atoms with Crippen LogP contribution in [0.25, 0.3) is 0 Å². The van der Waals surface area contributed by atoms with Crippen molar-refractivity contribution in [1.29, 1.82) is 0 Å². The first-order valence-electron chi connectivity index (χ1n) is 9.70. The van der Waals surface area contributed by atoms with Crippen LogP contribution in [0.1, 0.15) is 26.2 Å². The molecule has 7 nitrogen and oxygen atoms in total. The second-order valence-corrected chi connectivity index (χ2v) is 6.41. The number of nitrogens with one attached hydrogen (secondary N) is 2. The molecule has 1 aliphatic rings. The van der Waals surface area contributed by atoms with E-state index in [-0.39, 0.29) is 0 Å². The van der Waals surface area contributed by atoms with E-state index >= 15 is 0 Å². The van der Waals surface area contributed by atoms with Gasteiger partial charge in [0, 0.05) is 51.8 Å². The lowest BCUT2D eigenvalue weighted by Crippen LogP contribution is -2.32. The van der Waals surface area contributed by atoms with E-state index in [2.05, 4.69) is 15.6 Å². The van der Waals surface area contributed by atoms with E-state index in [1.165, 1.54) is 0 Å². The Morgan fingerprint density at radius 3 is 2.78 bits per heavy atom. The minimum atomic E-state index is 0.600. The van der Waals surface area contributed by atoms with Crippen LogP contribution in [0.2, 0.25) is 0 Å². The Balaban J connectivity index is 1.67. The molecule has 0 amide bonds. The molecule has 0 spiro atoms. The molecule has 0 atom stereocenters. The quantitative estimate of drug-likeness (QED) is 0.370. The molecule has 0 bridgehead atoms. The minimum absolute atomic E-state index is 0.600. The molecule has 152 valence electrons. The summed E-state index contributed by atoms with van der Waals surface area (Å²) in [6, 6.07) is 5.73. The number of anilines is 1. The standard InChI is InChI=1S/C20H33N3O4/c1-4-27-18-7-6-17(14-19(18)24-3)23-20(21-2)22-10-5-11-26-15-16-8-12-25-13-9-16/h6-7,14,16H,4-5,8-13,15H2,1-3H3,(H2,21,22,23). The van der Waals surface area contributed by atoms with Crippen LogP contribution in [0, 0.1) is 5.92 Å². The van der Waals surface area contributed by atoms with Crippen LogP contribution in [0.3, 0.4) is 0 Å². The second kappa shape index (κ2) is 12.4. The summed E-state index contributed by atoms with van der Waals surface area (Å²) in [7, 11) is 3.39. The third-order valence-corrected chi connectivity index (χ3v) is 4.40. The molecule has 2 rings (SSSR count). The van der Waals surface area contributed by atoms with Crippen LogP contribution in [0.15, 0.2) is 23.2 Å². The van der Waals surface area contributed by atoms with Crippen molar-refractivity contribution in [3.05, 3.63) is 18.2 Å². The normalized spacial score (nSPS) is 15.4. The van der Waals surface area contributed by atoms with Crippen LogP contribution < -0.4 is 20.1 Å². The lowest BCUT2D eigenvalue weighted by atomic mass is 10.0. The maximum atomic E-state index is 5.79. The molecule has 7 heteroatoms. The molecule has 0 saturated carbocycles. The molecule has 2 N–H and O–H groups in total. The molecule has 1 aromatic rings. The van der Waals surface area contributed by atoms with Gasteiger partial charge < -0.3 is 29.6 Å². The largest absolute Gasteiger partial charge is 0.493 e. The van der Waals surface area contributed by atoms with Crippen LogP contribution in [0.4, 0.5) is 5.69 Å². The first-order chi connectivity index (χ1) is 13.3. The van der Waals surface area contributed by atoms with Crippen molar-refractivity contribution in [3.8, 4) is 11.5 Å². The van der Waals surface area contributed by atoms with E-state index in [4.69, 9.17) is 18.9 Å². The van der Waals surface area contributed by atoms with E-state index in [1.807, 2.05) is 25.1 Å². The van der Waals surface area contributed by atoms with Gasteiger partial charge >= 0.3 is 0 Å². The fourth-order valence-corrected chi connectivity index (χ4v) is 2.88. The van der Waals surface area contributed by atoms with Crippen LogP contribution in [-0.4, -0.2) is 59.7 Å². The molecule has 27 heavy (non-hydrogen) atoms. The summed E-state index contributed by atoms with van der Waals surface area (Å²) in [5.74, 6) is 2.79. The van der Waals surface area contributed by atoms with Gasteiger partial charge in [0.2, 0.25) is 0 Å². The fourth-order valence-electron chi connectivity index (χ4n) is 2.88. The minimum Gasteiger partial charge on any atom is -0.493 e. The topological polar surface area (TPSA) is 73.3 Å². The highest BCUT2D eigenvalue weighted by molar-refractivity contribution is 5.93. The number of aliphatic imine (C=N–C) groups is 1. The number of hydrogen-bond donors (Lipinski definition) is 2. The van der Waals surface area contributed by atoms with E-state index in [9.17, 15) is 0 Å². The van der Waals surface area contributed by atoms with Crippen LogP contribution >= 0.6 is 0 Å². The Bertz CT molecular complexity index is 574. The van der Waals surface area contributed by atoms with Gasteiger partial charge in [-0.15, -0.1) is 0 Å². The van der Waals surface area contributed by atoms with Gasteiger partial charge in [-0.1, -0.05) is 0 Å². The average Bonchev–Trinajstić information content (AvgIpc) is 2.71. The van der Waals surface area contributed by atoms with Crippen molar-refractivity contribution in [3.63, 3.8) is 0 Å². The molecule has 0 unspecified atom stereocenters. The molecule has 1 aromatic carbocycles. The summed E-state index contributed by atoms with van der Waals surface area (Å²) in [6.07, 6.45) is 3.15. The number of benzene rings is 1. The van der Waals surface area contributed by atoms with E-state index in [1.54, 1.807) is 14.2 Å². The maximum absolute atomic E-state index is 5.79. The van der Waals surface area contributed by atoms with Gasteiger partial charge in [-0.05, 0) is 44.2 Å². The van der Waals surface area contributed by atoms with Gasteiger partial charge in [-0.3, -0.25) is 4.99 Å². The Kier molecular flexibility index (Phi) is 9.79. The first kappa shape index (κ1) is 21.3. The third-order valence-electron chi connectivity index (χ3n) is 4.40. The monoisotopic (exact) mass is 379 g/mol. The molecular weight excluding hydrogens is 346 g/mol. The molecular formula is C20H33N3O4. The van der Waals surface area contributed by atoms with Crippen molar-refractivity contribution < 1.29 is 18.9 Å². The summed E-state index contributed by atoms with van der Waals surface area (Å²) < 4.78 is 22.1. The SMILES string of the molecule is CCOc1ccc(NC(=NC)NCCCOCC2CCOCC2)cc1OC. The summed E-state index contributed by atoms with van der Waals surface area (Å²) in [6.45, 7) is 6.66. The van der Waals surface area contributed by atoms with E-state index in [0.29, 0.717) is 24.2 Å². The highest BCUT2D eigenvalue weighted by Crippen LogP contribution is 2.30. The zero-order valence-corrected chi connectivity index (χ0v) is 16.8. The smallest absolute Gasteiger partial charge is 0.195 e. The third kappa shape index (κ3) is 7.64. The molecule has 0 aliphatic carbocycles. The number of nitrogens with zero attached hydrogens (tertiary/aromatic N) is 1. The summed E-state index contributed by atoms with van der Waals surface area (Å²) in [4.78, 5) is 4.26. The molecule has 0 aromatic heterocycles. The molecule has 0 radical (unpaired) electrons. The van der Waals surface area contributed by atoms with Gasteiger partial charge in [0.05, 0.1) is 13.7 Å². The van der Waals surface area contributed by atoms with Gasteiger partial charge in [0.25, 0.3) is 0 Å². The van der Waals surface area contributed by atoms with Crippen molar-refractivity contribution >= 4 is 11.6 Å². The Morgan fingerprint density at radius 2 is 2.07 bits per heavy atom. The van der Waals surface area contributed by atoms with Gasteiger partial charge in [-0.2, -0.15) is 0 Å². The zero-order valence-electron chi connectivity index (χ0n) is 16.8. The summed E-state index contributed by atoms with van der Waals surface area (Å²) >= 11 is 0. The molecule has 1 saturated heterocycles. The maximum Gasteiger partial charge on any atom is 0.195 e. The highest BCUT2D eigenvalue weighted by atomic mass is 16.5. The van der Waals surface area contributed by atoms with Gasteiger partial charge in [0.1, 0.15) is 0 Å². The predicted octanol–water partition coefficient (Wildman–Crippen LogP) is 2.91. The number of hydrogen-bond acceptors (Lipinski definition) is 5. The lowest BCUT2D eigenvalue weighted by molar-refractivity contribution is 0.0203. The van der Waals surface area contributed by atoms with E-state index in [0.717, 1.165) is 63.7 Å². The van der Waals surface area contributed by atoms with Crippen LogP contribution in [0.5, 0.6) is 11.5 Å². The number of ether oxygens (including phenoxy) is 4. The van der Waals surface area contributed by atoms with E-state index < -0.39 is 0 Å². The van der Waals surface area contributed by atoms with Crippen molar-refractivity contribution in [2.24, 2.45) is 10.9 Å². The first-order valence-corrected chi connectivity index (χ1v) is 9.70. The Labute approximate surface area is 162 Å². The summed E-state index contributed by atoms with van der Waals surface area (Å²) in [5, 5.41) is 6.56. The van der Waals surface area contributed by atoms with Gasteiger partial charge in [0.15, 0.2) is 17.5 Å². The van der Waals surface area contributed by atoms with Crippen molar-refractivity contribution in [1.82, 2.24) is 5.32 Å². The number of guanidine groups is 1.